The number of amides is 1. The highest BCUT2D eigenvalue weighted by Crippen LogP contribution is 2.17. The number of carbonyl (C=O) groups excluding carboxylic acids is 1. The van der Waals surface area contributed by atoms with Gasteiger partial charge >= 0.3 is 0 Å². The van der Waals surface area contributed by atoms with Gasteiger partial charge in [0, 0.05) is 26.2 Å². The number of ether oxygens (including phenoxy) is 1. The molecule has 0 aromatic rings. The van der Waals surface area contributed by atoms with Crippen LogP contribution in [0, 0.1) is 0 Å². The van der Waals surface area contributed by atoms with E-state index in [0.717, 1.165) is 0 Å². The van der Waals surface area contributed by atoms with Crippen LogP contribution in [0.3, 0.4) is 0 Å². The average Bonchev–Trinajstić information content (AvgIpc) is 2.66. The Bertz CT molecular complexity index is 375. The van der Waals surface area contributed by atoms with Crippen LogP contribution in [0.2, 0.25) is 0 Å². The molecule has 8 heteroatoms. The molecule has 1 aliphatic heterocycles. The van der Waals surface area contributed by atoms with Gasteiger partial charge in [-0.1, -0.05) is 0 Å². The van der Waals surface area contributed by atoms with Gasteiger partial charge in [0.05, 0.1) is 24.7 Å². The van der Waals surface area contributed by atoms with Gasteiger partial charge in [-0.2, -0.15) is 0 Å². The first kappa shape index (κ1) is 18.6. The molecule has 0 aromatic carbocycles. The molecular weight excluding hydrogens is 292 g/mol. The maximum Gasteiger partial charge on any atom is 0.236 e. The molecule has 114 valence electrons. The van der Waals surface area contributed by atoms with Crippen molar-refractivity contribution in [2.45, 2.75) is 19.4 Å². The molecule has 1 N–H and O–H groups in total. The minimum absolute atomic E-state index is 0. The Morgan fingerprint density at radius 3 is 2.63 bits per heavy atom. The van der Waals surface area contributed by atoms with E-state index < -0.39 is 9.84 Å². The summed E-state index contributed by atoms with van der Waals surface area (Å²) in [5.74, 6) is 0.249. The highest BCUT2D eigenvalue weighted by atomic mass is 35.5. The summed E-state index contributed by atoms with van der Waals surface area (Å²) in [4.78, 5) is 13.6. The third kappa shape index (κ3) is 6.07. The molecule has 1 heterocycles. The zero-order chi connectivity index (χ0) is 13.6. The standard InChI is InChI=1S/C11H22N2O4S.ClH/c1-3-13(10-4-7-18(15,16)9-10)11(14)8-12-5-6-17-2;/h10,12H,3-9H2,1-2H3;1H. The average molecular weight is 315 g/mol. The number of carbonyl (C=O) groups is 1. The van der Waals surface area contributed by atoms with Crippen LogP contribution in [0.25, 0.3) is 0 Å². The van der Waals surface area contributed by atoms with Gasteiger partial charge in [-0.05, 0) is 13.3 Å². The van der Waals surface area contributed by atoms with Crippen molar-refractivity contribution in [3.63, 3.8) is 0 Å². The van der Waals surface area contributed by atoms with Gasteiger partial charge < -0.3 is 15.0 Å². The lowest BCUT2D eigenvalue weighted by Gasteiger charge is -2.27. The fraction of sp³-hybridized carbons (Fsp3) is 0.909. The minimum atomic E-state index is -2.95. The van der Waals surface area contributed by atoms with Crippen molar-refractivity contribution in [1.82, 2.24) is 10.2 Å². The fourth-order valence-electron chi connectivity index (χ4n) is 2.13. The van der Waals surface area contributed by atoms with E-state index in [0.29, 0.717) is 26.1 Å². The molecule has 0 bridgehead atoms. The summed E-state index contributed by atoms with van der Waals surface area (Å²) in [7, 11) is -1.35. The molecule has 6 nitrogen and oxygen atoms in total. The van der Waals surface area contributed by atoms with Gasteiger partial charge in [-0.25, -0.2) is 8.42 Å². The molecule has 1 atom stereocenters. The van der Waals surface area contributed by atoms with E-state index >= 15 is 0 Å². The Kier molecular flexibility index (Phi) is 8.56. The van der Waals surface area contributed by atoms with E-state index in [1.165, 1.54) is 0 Å². The van der Waals surface area contributed by atoms with Crippen LogP contribution in [-0.4, -0.2) is 70.1 Å². The highest BCUT2D eigenvalue weighted by molar-refractivity contribution is 7.91. The summed E-state index contributed by atoms with van der Waals surface area (Å²) in [6, 6.07) is -0.156. The van der Waals surface area contributed by atoms with Gasteiger partial charge in [0.25, 0.3) is 0 Å². The second-order valence-corrected chi connectivity index (χ2v) is 6.63. The van der Waals surface area contributed by atoms with Gasteiger partial charge in [0.1, 0.15) is 0 Å². The molecule has 0 aliphatic carbocycles. The monoisotopic (exact) mass is 314 g/mol. The van der Waals surface area contributed by atoms with Crippen molar-refractivity contribution in [2.24, 2.45) is 0 Å². The molecule has 0 radical (unpaired) electrons. The lowest BCUT2D eigenvalue weighted by molar-refractivity contribution is -0.131. The van der Waals surface area contributed by atoms with Gasteiger partial charge in [0.15, 0.2) is 9.84 Å². The first-order valence-corrected chi connectivity index (χ1v) is 8.02. The van der Waals surface area contributed by atoms with Crippen LogP contribution in [0.15, 0.2) is 0 Å². The van der Waals surface area contributed by atoms with Crippen LogP contribution in [-0.2, 0) is 19.4 Å². The minimum Gasteiger partial charge on any atom is -0.383 e. The number of halogens is 1. The van der Waals surface area contributed by atoms with Gasteiger partial charge in [-0.15, -0.1) is 12.4 Å². The van der Waals surface area contributed by atoms with Crippen molar-refractivity contribution >= 4 is 28.2 Å². The SMILES string of the molecule is CCN(C(=O)CNCCOC)C1CCS(=O)(=O)C1.Cl. The quantitative estimate of drug-likeness (QED) is 0.652. The smallest absolute Gasteiger partial charge is 0.236 e. The summed E-state index contributed by atoms with van der Waals surface area (Å²) in [6.07, 6.45) is 0.556. The van der Waals surface area contributed by atoms with Crippen LogP contribution >= 0.6 is 12.4 Å². The van der Waals surface area contributed by atoms with E-state index in [1.54, 1.807) is 12.0 Å². The second-order valence-electron chi connectivity index (χ2n) is 4.41. The van der Waals surface area contributed by atoms with Crippen LogP contribution in [0.5, 0.6) is 0 Å². The molecule has 1 rings (SSSR count). The summed E-state index contributed by atoms with van der Waals surface area (Å²) in [5.41, 5.74) is 0. The molecule has 1 fully saturated rings. The maximum absolute atomic E-state index is 12.0. The van der Waals surface area contributed by atoms with Crippen molar-refractivity contribution in [1.29, 1.82) is 0 Å². The van der Waals surface area contributed by atoms with Crippen molar-refractivity contribution in [3.8, 4) is 0 Å². The highest BCUT2D eigenvalue weighted by Gasteiger charge is 2.33. The normalized spacial score (nSPS) is 20.8. The number of nitrogens with zero attached hydrogens (tertiary/aromatic N) is 1. The number of nitrogens with one attached hydrogen (secondary N) is 1. The molecule has 0 saturated carbocycles. The third-order valence-electron chi connectivity index (χ3n) is 3.07. The summed E-state index contributed by atoms with van der Waals surface area (Å²) in [6.45, 7) is 3.82. The predicted molar refractivity (Wildman–Crippen MR) is 76.4 cm³/mol. The summed E-state index contributed by atoms with van der Waals surface area (Å²) >= 11 is 0. The van der Waals surface area contributed by atoms with E-state index in [4.69, 9.17) is 4.74 Å². The van der Waals surface area contributed by atoms with E-state index in [2.05, 4.69) is 5.32 Å². The number of hydrogen-bond acceptors (Lipinski definition) is 5. The molecule has 19 heavy (non-hydrogen) atoms. The van der Waals surface area contributed by atoms with E-state index in [9.17, 15) is 13.2 Å². The zero-order valence-electron chi connectivity index (χ0n) is 11.4. The molecule has 1 unspecified atom stereocenters. The van der Waals surface area contributed by atoms with Crippen molar-refractivity contribution < 1.29 is 17.9 Å². The molecule has 0 spiro atoms. The first-order chi connectivity index (χ1) is 8.50. The zero-order valence-corrected chi connectivity index (χ0v) is 13.1. The second kappa shape index (κ2) is 8.73. The summed E-state index contributed by atoms with van der Waals surface area (Å²) < 4.78 is 27.7. The Hall–Kier alpha value is -0.370. The molecule has 1 saturated heterocycles. The number of methoxy groups -OCH3 is 1. The Morgan fingerprint density at radius 2 is 2.16 bits per heavy atom. The van der Waals surface area contributed by atoms with Crippen molar-refractivity contribution in [3.05, 3.63) is 0 Å². The third-order valence-corrected chi connectivity index (χ3v) is 4.82. The lowest BCUT2D eigenvalue weighted by Crippen LogP contribution is -2.45. The number of sulfone groups is 1. The largest absolute Gasteiger partial charge is 0.383 e. The van der Waals surface area contributed by atoms with Crippen LogP contribution in [0.4, 0.5) is 0 Å². The van der Waals surface area contributed by atoms with E-state index in [1.807, 2.05) is 6.92 Å². The summed E-state index contributed by atoms with van der Waals surface area (Å²) in [5, 5.41) is 2.98. The van der Waals surface area contributed by atoms with Crippen molar-refractivity contribution in [2.75, 3.05) is 44.9 Å². The van der Waals surface area contributed by atoms with E-state index in [-0.39, 0.29) is 42.4 Å². The Balaban J connectivity index is 0.00000324. The maximum atomic E-state index is 12.0. The van der Waals surface area contributed by atoms with Gasteiger partial charge in [0.2, 0.25) is 5.91 Å². The molecule has 1 aliphatic rings. The molecular formula is C11H23ClN2O4S. The van der Waals surface area contributed by atoms with Crippen LogP contribution in [0.1, 0.15) is 13.3 Å². The van der Waals surface area contributed by atoms with Crippen LogP contribution < -0.4 is 5.32 Å². The number of rotatable bonds is 7. The number of hydrogen-bond donors (Lipinski definition) is 1. The predicted octanol–water partition coefficient (Wildman–Crippen LogP) is -0.320. The molecule has 1 amide bonds. The van der Waals surface area contributed by atoms with Gasteiger partial charge in [-0.3, -0.25) is 4.79 Å². The first-order valence-electron chi connectivity index (χ1n) is 6.19. The Labute approximate surface area is 121 Å². The molecule has 0 aromatic heterocycles. The lowest BCUT2D eigenvalue weighted by atomic mass is 10.2. The topological polar surface area (TPSA) is 75.7 Å². The fourth-order valence-corrected chi connectivity index (χ4v) is 3.86. The Morgan fingerprint density at radius 1 is 1.47 bits per heavy atom. The number of likely N-dealkylation sites (N-methyl/N-ethyl adjacent to an activating group) is 1.